The number of carbonyl (C=O) groups is 1. The molecule has 0 aromatic carbocycles. The maximum atomic E-state index is 11.1. The summed E-state index contributed by atoms with van der Waals surface area (Å²) in [7, 11) is -3.35. The fraction of sp³-hybridized carbons (Fsp3) is 0.857. The van der Waals surface area contributed by atoms with Crippen LogP contribution in [0.2, 0.25) is 0 Å². The standard InChI is InChI=1S/C7H13NO3S/c1-3-12(10,11)8-7(9)6-4-5(6)2/h5-6H,3-4H2,1-2H3,(H,8,9)/t5-,6-/m1/s1. The topological polar surface area (TPSA) is 63.2 Å². The summed E-state index contributed by atoms with van der Waals surface area (Å²) in [6, 6.07) is 0. The number of amides is 1. The molecule has 1 rings (SSSR count). The molecule has 12 heavy (non-hydrogen) atoms. The van der Waals surface area contributed by atoms with Gasteiger partial charge in [0.15, 0.2) is 0 Å². The molecule has 1 saturated carbocycles. The van der Waals surface area contributed by atoms with Crippen molar-refractivity contribution in [3.8, 4) is 0 Å². The summed E-state index contributed by atoms with van der Waals surface area (Å²) in [5.41, 5.74) is 0. The smallest absolute Gasteiger partial charge is 0.236 e. The Hall–Kier alpha value is -0.580. The molecule has 0 aromatic rings. The number of nitrogens with one attached hydrogen (secondary N) is 1. The monoisotopic (exact) mass is 191 g/mol. The van der Waals surface area contributed by atoms with Gasteiger partial charge >= 0.3 is 0 Å². The second-order valence-electron chi connectivity index (χ2n) is 3.19. The maximum Gasteiger partial charge on any atom is 0.236 e. The summed E-state index contributed by atoms with van der Waals surface area (Å²) in [6.45, 7) is 3.44. The van der Waals surface area contributed by atoms with E-state index in [1.54, 1.807) is 0 Å². The zero-order valence-corrected chi connectivity index (χ0v) is 8.02. The third kappa shape index (κ3) is 2.20. The molecule has 2 atom stereocenters. The maximum absolute atomic E-state index is 11.1. The van der Waals surface area contributed by atoms with Gasteiger partial charge in [-0.1, -0.05) is 6.92 Å². The Bertz CT molecular complexity index is 283. The van der Waals surface area contributed by atoms with Crippen molar-refractivity contribution in [3.05, 3.63) is 0 Å². The van der Waals surface area contributed by atoms with Gasteiger partial charge in [0.2, 0.25) is 15.9 Å². The first kappa shape index (κ1) is 9.51. The lowest BCUT2D eigenvalue weighted by molar-refractivity contribution is -0.120. The number of rotatable bonds is 3. The lowest BCUT2D eigenvalue weighted by Gasteiger charge is -2.02. The molecule has 0 radical (unpaired) electrons. The van der Waals surface area contributed by atoms with Crippen molar-refractivity contribution in [3.63, 3.8) is 0 Å². The molecule has 1 N–H and O–H groups in total. The van der Waals surface area contributed by atoms with Crippen molar-refractivity contribution >= 4 is 15.9 Å². The van der Waals surface area contributed by atoms with Gasteiger partial charge in [-0.3, -0.25) is 9.52 Å². The normalized spacial score (nSPS) is 28.2. The molecule has 0 unspecified atom stereocenters. The predicted octanol–water partition coefficient (Wildman–Crippen LogP) is 0.108. The van der Waals surface area contributed by atoms with Crippen molar-refractivity contribution < 1.29 is 13.2 Å². The summed E-state index contributed by atoms with van der Waals surface area (Å²) in [6.07, 6.45) is 0.811. The van der Waals surface area contributed by atoms with E-state index in [1.807, 2.05) is 11.6 Å². The minimum Gasteiger partial charge on any atom is -0.274 e. The zero-order chi connectivity index (χ0) is 9.35. The number of carbonyl (C=O) groups excluding carboxylic acids is 1. The molecule has 1 fully saturated rings. The molecule has 1 aliphatic rings. The van der Waals surface area contributed by atoms with Gasteiger partial charge < -0.3 is 0 Å². The van der Waals surface area contributed by atoms with Gasteiger partial charge in [0.05, 0.1) is 5.75 Å². The highest BCUT2D eigenvalue weighted by atomic mass is 32.2. The van der Waals surface area contributed by atoms with E-state index < -0.39 is 10.0 Å². The quantitative estimate of drug-likeness (QED) is 0.688. The average Bonchev–Trinajstić information content (AvgIpc) is 2.66. The van der Waals surface area contributed by atoms with E-state index in [-0.39, 0.29) is 17.6 Å². The number of sulfonamides is 1. The van der Waals surface area contributed by atoms with Crippen LogP contribution >= 0.6 is 0 Å². The van der Waals surface area contributed by atoms with Crippen LogP contribution in [0.5, 0.6) is 0 Å². The Morgan fingerprint density at radius 3 is 2.42 bits per heavy atom. The molecule has 5 heteroatoms. The van der Waals surface area contributed by atoms with Crippen LogP contribution in [0.1, 0.15) is 20.3 Å². The first-order chi connectivity index (χ1) is 5.46. The molecule has 4 nitrogen and oxygen atoms in total. The van der Waals surface area contributed by atoms with E-state index in [4.69, 9.17) is 0 Å². The molecular weight excluding hydrogens is 178 g/mol. The molecule has 0 saturated heterocycles. The van der Waals surface area contributed by atoms with E-state index in [0.29, 0.717) is 5.92 Å². The minimum absolute atomic E-state index is 0.0418. The lowest BCUT2D eigenvalue weighted by atomic mass is 10.3. The summed E-state index contributed by atoms with van der Waals surface area (Å²) < 4.78 is 23.9. The highest BCUT2D eigenvalue weighted by Gasteiger charge is 2.40. The van der Waals surface area contributed by atoms with Crippen LogP contribution in [0.25, 0.3) is 0 Å². The summed E-state index contributed by atoms with van der Waals surface area (Å²) in [5.74, 6) is -0.118. The fourth-order valence-electron chi connectivity index (χ4n) is 0.989. The molecule has 0 aromatic heterocycles. The fourth-order valence-corrected chi connectivity index (χ4v) is 1.59. The van der Waals surface area contributed by atoms with Gasteiger partial charge in [-0.2, -0.15) is 0 Å². The zero-order valence-electron chi connectivity index (χ0n) is 7.20. The van der Waals surface area contributed by atoms with Crippen LogP contribution in [0.15, 0.2) is 0 Å². The Morgan fingerprint density at radius 2 is 2.08 bits per heavy atom. The largest absolute Gasteiger partial charge is 0.274 e. The van der Waals surface area contributed by atoms with Gasteiger partial charge in [0.1, 0.15) is 0 Å². The molecular formula is C7H13NO3S. The van der Waals surface area contributed by atoms with Crippen molar-refractivity contribution in [2.24, 2.45) is 11.8 Å². The molecule has 0 aliphatic heterocycles. The Morgan fingerprint density at radius 1 is 1.58 bits per heavy atom. The number of hydrogen-bond acceptors (Lipinski definition) is 3. The second-order valence-corrected chi connectivity index (χ2v) is 5.20. The van der Waals surface area contributed by atoms with E-state index in [0.717, 1.165) is 6.42 Å². The van der Waals surface area contributed by atoms with Crippen LogP contribution in [0.3, 0.4) is 0 Å². The van der Waals surface area contributed by atoms with Crippen molar-refractivity contribution in [1.82, 2.24) is 4.72 Å². The van der Waals surface area contributed by atoms with Crippen LogP contribution in [-0.4, -0.2) is 20.1 Å². The molecule has 1 aliphatic carbocycles. The molecule has 0 spiro atoms. The lowest BCUT2D eigenvalue weighted by Crippen LogP contribution is -2.33. The highest BCUT2D eigenvalue weighted by molar-refractivity contribution is 7.90. The van der Waals surface area contributed by atoms with Crippen LogP contribution in [0.4, 0.5) is 0 Å². The van der Waals surface area contributed by atoms with Gasteiger partial charge in [-0.25, -0.2) is 8.42 Å². The van der Waals surface area contributed by atoms with E-state index >= 15 is 0 Å². The van der Waals surface area contributed by atoms with Crippen LogP contribution < -0.4 is 4.72 Å². The van der Waals surface area contributed by atoms with E-state index in [2.05, 4.69) is 0 Å². The van der Waals surface area contributed by atoms with Gasteiger partial charge in [0.25, 0.3) is 0 Å². The van der Waals surface area contributed by atoms with E-state index in [1.165, 1.54) is 6.92 Å². The molecule has 1 amide bonds. The predicted molar refractivity (Wildman–Crippen MR) is 44.9 cm³/mol. The van der Waals surface area contributed by atoms with Gasteiger partial charge in [-0.15, -0.1) is 0 Å². The summed E-state index contributed by atoms with van der Waals surface area (Å²) >= 11 is 0. The third-order valence-corrected chi connectivity index (χ3v) is 3.35. The minimum atomic E-state index is -3.35. The second kappa shape index (κ2) is 3.05. The van der Waals surface area contributed by atoms with Crippen molar-refractivity contribution in [1.29, 1.82) is 0 Å². The summed E-state index contributed by atoms with van der Waals surface area (Å²) in [4.78, 5) is 11.1. The first-order valence-corrected chi connectivity index (χ1v) is 5.66. The third-order valence-electron chi connectivity index (χ3n) is 2.08. The Balaban J connectivity index is 2.47. The van der Waals surface area contributed by atoms with Crippen molar-refractivity contribution in [2.75, 3.05) is 5.75 Å². The van der Waals surface area contributed by atoms with Crippen molar-refractivity contribution in [2.45, 2.75) is 20.3 Å². The van der Waals surface area contributed by atoms with Crippen LogP contribution in [0, 0.1) is 11.8 Å². The summed E-state index contributed by atoms with van der Waals surface area (Å²) in [5, 5.41) is 0. The molecule has 0 heterocycles. The average molecular weight is 191 g/mol. The first-order valence-electron chi connectivity index (χ1n) is 4.00. The number of hydrogen-bond donors (Lipinski definition) is 1. The molecule has 0 bridgehead atoms. The SMILES string of the molecule is CCS(=O)(=O)NC(=O)[C@@H]1C[C@H]1C. The molecule has 70 valence electrons. The Kier molecular flexibility index (Phi) is 2.41. The van der Waals surface area contributed by atoms with E-state index in [9.17, 15) is 13.2 Å². The van der Waals surface area contributed by atoms with Crippen LogP contribution in [-0.2, 0) is 14.8 Å². The van der Waals surface area contributed by atoms with Gasteiger partial charge in [-0.05, 0) is 19.3 Å². The van der Waals surface area contributed by atoms with Gasteiger partial charge in [0, 0.05) is 5.92 Å². The highest BCUT2D eigenvalue weighted by Crippen LogP contribution is 2.37. The Labute approximate surface area is 72.4 Å².